The van der Waals surface area contributed by atoms with Crippen LogP contribution in [-0.4, -0.2) is 28.7 Å². The summed E-state index contributed by atoms with van der Waals surface area (Å²) < 4.78 is 0. The molecule has 6 heteroatoms. The molecule has 2 aromatic carbocycles. The lowest BCUT2D eigenvalue weighted by molar-refractivity contribution is -0.119. The normalized spacial score (nSPS) is 14.3. The molecule has 0 radical (unpaired) electrons. The smallest absolute Gasteiger partial charge is 0.262 e. The fourth-order valence-electron chi connectivity index (χ4n) is 3.37. The highest BCUT2D eigenvalue weighted by molar-refractivity contribution is 6.32. The Morgan fingerprint density at radius 1 is 1.04 bits per heavy atom. The van der Waals surface area contributed by atoms with Crippen LogP contribution in [0.1, 0.15) is 52.6 Å². The van der Waals surface area contributed by atoms with E-state index >= 15 is 0 Å². The number of aryl methyl sites for hydroxylation is 1. The third-order valence-electron chi connectivity index (χ3n) is 4.92. The van der Waals surface area contributed by atoms with E-state index in [1.165, 1.54) is 0 Å². The van der Waals surface area contributed by atoms with Gasteiger partial charge in [-0.2, -0.15) is 0 Å². The molecule has 0 saturated carbocycles. The van der Waals surface area contributed by atoms with E-state index < -0.39 is 23.8 Å². The molecule has 1 aliphatic heterocycles. The Labute approximate surface area is 163 Å². The topological polar surface area (TPSA) is 66.5 Å². The van der Waals surface area contributed by atoms with Gasteiger partial charge < -0.3 is 5.32 Å². The van der Waals surface area contributed by atoms with E-state index in [2.05, 4.69) is 5.32 Å². The summed E-state index contributed by atoms with van der Waals surface area (Å²) in [6, 6.07) is 9.36. The van der Waals surface area contributed by atoms with Crippen molar-refractivity contribution in [3.8, 4) is 0 Å². The Morgan fingerprint density at radius 2 is 1.63 bits per heavy atom. The van der Waals surface area contributed by atoms with Gasteiger partial charge in [0.15, 0.2) is 0 Å². The van der Waals surface area contributed by atoms with Crippen LogP contribution in [0.5, 0.6) is 0 Å². The predicted octanol–water partition coefficient (Wildman–Crippen LogP) is 4.09. The fourth-order valence-corrected chi connectivity index (χ4v) is 3.66. The van der Waals surface area contributed by atoms with Crippen LogP contribution in [0.3, 0.4) is 0 Å². The van der Waals surface area contributed by atoms with Gasteiger partial charge in [-0.1, -0.05) is 43.6 Å². The van der Waals surface area contributed by atoms with Crippen LogP contribution in [0.25, 0.3) is 0 Å². The van der Waals surface area contributed by atoms with Crippen LogP contribution in [-0.2, 0) is 17.6 Å². The number of hydrogen-bond acceptors (Lipinski definition) is 3. The van der Waals surface area contributed by atoms with E-state index in [1.54, 1.807) is 31.2 Å². The molecule has 0 saturated heterocycles. The van der Waals surface area contributed by atoms with Crippen molar-refractivity contribution >= 4 is 35.0 Å². The second kappa shape index (κ2) is 7.53. The molecule has 5 nitrogen and oxygen atoms in total. The van der Waals surface area contributed by atoms with E-state index in [1.807, 2.05) is 26.0 Å². The van der Waals surface area contributed by atoms with Crippen molar-refractivity contribution in [3.63, 3.8) is 0 Å². The Balaban J connectivity index is 1.89. The van der Waals surface area contributed by atoms with E-state index in [4.69, 9.17) is 11.6 Å². The number of nitrogens with zero attached hydrogens (tertiary/aromatic N) is 1. The first-order valence-electron chi connectivity index (χ1n) is 8.98. The van der Waals surface area contributed by atoms with Crippen molar-refractivity contribution < 1.29 is 14.4 Å². The minimum absolute atomic E-state index is 0.327. The first-order chi connectivity index (χ1) is 12.9. The number of halogens is 1. The molecule has 1 heterocycles. The molecule has 3 amide bonds. The zero-order valence-corrected chi connectivity index (χ0v) is 16.3. The highest BCUT2D eigenvalue weighted by Crippen LogP contribution is 2.30. The number of fused-ring (bicyclic) bond motifs is 1. The lowest BCUT2D eigenvalue weighted by Crippen LogP contribution is -2.45. The van der Waals surface area contributed by atoms with Crippen LogP contribution < -0.4 is 5.32 Å². The second-order valence-electron chi connectivity index (χ2n) is 6.46. The first kappa shape index (κ1) is 19.1. The van der Waals surface area contributed by atoms with Crippen molar-refractivity contribution in [1.82, 2.24) is 4.90 Å². The van der Waals surface area contributed by atoms with Gasteiger partial charge in [0.2, 0.25) is 5.91 Å². The lowest BCUT2D eigenvalue weighted by Gasteiger charge is -2.23. The summed E-state index contributed by atoms with van der Waals surface area (Å²) in [4.78, 5) is 39.1. The number of amides is 3. The number of benzene rings is 2. The minimum Gasteiger partial charge on any atom is -0.324 e. The van der Waals surface area contributed by atoms with Crippen LogP contribution in [0, 0.1) is 0 Å². The van der Waals surface area contributed by atoms with Gasteiger partial charge >= 0.3 is 0 Å². The maximum Gasteiger partial charge on any atom is 0.262 e. The molecule has 140 valence electrons. The van der Waals surface area contributed by atoms with Gasteiger partial charge in [-0.25, -0.2) is 0 Å². The molecule has 0 spiro atoms. The van der Waals surface area contributed by atoms with Gasteiger partial charge in [-0.3, -0.25) is 19.3 Å². The fraction of sp³-hybridized carbons (Fsp3) is 0.286. The molecule has 0 aromatic heterocycles. The molecule has 3 rings (SSSR count). The number of carbonyl (C=O) groups excluding carboxylic acids is 3. The molecule has 1 aliphatic rings. The highest BCUT2D eigenvalue weighted by atomic mass is 35.5. The monoisotopic (exact) mass is 384 g/mol. The van der Waals surface area contributed by atoms with Crippen molar-refractivity contribution in [2.75, 3.05) is 5.32 Å². The third kappa shape index (κ3) is 3.23. The number of imide groups is 1. The second-order valence-corrected chi connectivity index (χ2v) is 6.87. The first-order valence-corrected chi connectivity index (χ1v) is 9.36. The number of hydrogen-bond donors (Lipinski definition) is 1. The lowest BCUT2D eigenvalue weighted by atomic mass is 10.0. The standard InChI is InChI=1S/C21H21ClN2O3/c1-4-13-10-11-17(22)14(5-2)18(13)23-19(25)12(3)24-20(26)15-8-6-7-9-16(15)21(24)27/h6-12H,4-5H2,1-3H3,(H,23,25). The highest BCUT2D eigenvalue weighted by Gasteiger charge is 2.40. The van der Waals surface area contributed by atoms with Gasteiger partial charge in [0, 0.05) is 10.7 Å². The summed E-state index contributed by atoms with van der Waals surface area (Å²) >= 11 is 6.29. The van der Waals surface area contributed by atoms with Crippen LogP contribution in [0.2, 0.25) is 5.02 Å². The molecule has 1 atom stereocenters. The average Bonchev–Trinajstić information content (AvgIpc) is 2.92. The quantitative estimate of drug-likeness (QED) is 0.789. The molecule has 1 N–H and O–H groups in total. The predicted molar refractivity (Wildman–Crippen MR) is 105 cm³/mol. The molecule has 2 aromatic rings. The number of carbonyl (C=O) groups is 3. The average molecular weight is 385 g/mol. The van der Waals surface area contributed by atoms with Crippen LogP contribution in [0.15, 0.2) is 36.4 Å². The minimum atomic E-state index is -0.939. The van der Waals surface area contributed by atoms with Crippen LogP contribution in [0.4, 0.5) is 5.69 Å². The van der Waals surface area contributed by atoms with Crippen LogP contribution >= 0.6 is 11.6 Å². The molecule has 0 aliphatic carbocycles. The zero-order valence-electron chi connectivity index (χ0n) is 15.5. The Morgan fingerprint density at radius 3 is 2.15 bits per heavy atom. The third-order valence-corrected chi connectivity index (χ3v) is 5.27. The summed E-state index contributed by atoms with van der Waals surface area (Å²) in [5, 5.41) is 3.48. The molecule has 27 heavy (non-hydrogen) atoms. The van der Waals surface area contributed by atoms with E-state index in [0.717, 1.165) is 22.4 Å². The van der Waals surface area contributed by atoms with Gasteiger partial charge in [0.05, 0.1) is 11.1 Å². The van der Waals surface area contributed by atoms with Gasteiger partial charge in [0.25, 0.3) is 11.8 Å². The number of anilines is 1. The zero-order chi connectivity index (χ0) is 19.7. The SMILES string of the molecule is CCc1ccc(Cl)c(CC)c1NC(=O)C(C)N1C(=O)c2ccccc2C1=O. The largest absolute Gasteiger partial charge is 0.324 e. The summed E-state index contributed by atoms with van der Waals surface area (Å²) in [6.45, 7) is 5.51. The van der Waals surface area contributed by atoms with Gasteiger partial charge in [-0.15, -0.1) is 0 Å². The Hall–Kier alpha value is -2.66. The molecule has 1 unspecified atom stereocenters. The Kier molecular flexibility index (Phi) is 5.33. The Bertz CT molecular complexity index is 904. The summed E-state index contributed by atoms with van der Waals surface area (Å²) in [5.41, 5.74) is 3.13. The van der Waals surface area contributed by atoms with E-state index in [9.17, 15) is 14.4 Å². The number of rotatable bonds is 5. The molecule has 0 bridgehead atoms. The maximum absolute atomic E-state index is 12.9. The van der Waals surface area contributed by atoms with Crippen molar-refractivity contribution in [2.45, 2.75) is 39.7 Å². The maximum atomic E-state index is 12.9. The van der Waals surface area contributed by atoms with Crippen molar-refractivity contribution in [1.29, 1.82) is 0 Å². The summed E-state index contributed by atoms with van der Waals surface area (Å²) in [7, 11) is 0. The molecular weight excluding hydrogens is 364 g/mol. The van der Waals surface area contributed by atoms with Gasteiger partial charge in [0.1, 0.15) is 6.04 Å². The summed E-state index contributed by atoms with van der Waals surface area (Å²) in [6.07, 6.45) is 1.38. The van der Waals surface area contributed by atoms with E-state index in [0.29, 0.717) is 28.3 Å². The molecule has 0 fully saturated rings. The summed E-state index contributed by atoms with van der Waals surface area (Å²) in [5.74, 6) is -1.32. The van der Waals surface area contributed by atoms with Crippen molar-refractivity contribution in [3.05, 3.63) is 63.7 Å². The van der Waals surface area contributed by atoms with E-state index in [-0.39, 0.29) is 0 Å². The van der Waals surface area contributed by atoms with Gasteiger partial charge in [-0.05, 0) is 49.1 Å². The molecular formula is C21H21ClN2O3. The number of nitrogens with one attached hydrogen (secondary N) is 1. The van der Waals surface area contributed by atoms with Crippen molar-refractivity contribution in [2.24, 2.45) is 0 Å².